The number of carbonyl (C=O) groups is 1. The van der Waals surface area contributed by atoms with E-state index in [1.165, 1.54) is 12.1 Å². The minimum Gasteiger partial charge on any atom is -0.350 e. The third-order valence-corrected chi connectivity index (χ3v) is 6.29. The van der Waals surface area contributed by atoms with E-state index in [-0.39, 0.29) is 29.3 Å². The van der Waals surface area contributed by atoms with Gasteiger partial charge in [-0.2, -0.15) is 4.31 Å². The van der Waals surface area contributed by atoms with Crippen LogP contribution in [0.5, 0.6) is 0 Å². The molecule has 1 unspecified atom stereocenters. The van der Waals surface area contributed by atoms with Gasteiger partial charge in [-0.3, -0.25) is 4.79 Å². The molecule has 0 bridgehead atoms. The Morgan fingerprint density at radius 2 is 1.68 bits per heavy atom. The first-order valence-corrected chi connectivity index (χ1v) is 9.95. The van der Waals surface area contributed by atoms with Crippen LogP contribution in [0.1, 0.15) is 43.0 Å². The van der Waals surface area contributed by atoms with Gasteiger partial charge >= 0.3 is 0 Å². The fraction of sp³-hybridized carbons (Fsp3) is 0.588. The lowest BCUT2D eigenvalue weighted by Crippen LogP contribution is -2.37. The van der Waals surface area contributed by atoms with Gasteiger partial charge in [-0.15, -0.1) is 12.4 Å². The standard InChI is InChI=1S/C17H27N3O3S.ClH/c1-14(18-2)13-19-17(21)15-7-9-16(10-8-15)24(22,23)20-11-5-3-4-6-12-20;/h7-10,14,18H,3-6,11-13H2,1-2H3,(H,19,21);1H. The zero-order valence-electron chi connectivity index (χ0n) is 14.8. The van der Waals surface area contributed by atoms with Gasteiger partial charge in [0, 0.05) is 31.2 Å². The number of halogens is 1. The molecule has 142 valence electrons. The second kappa shape index (κ2) is 10.1. The topological polar surface area (TPSA) is 78.5 Å². The average Bonchev–Trinajstić information content (AvgIpc) is 2.89. The van der Waals surface area contributed by atoms with E-state index in [0.29, 0.717) is 25.2 Å². The molecule has 1 aliphatic rings. The van der Waals surface area contributed by atoms with Gasteiger partial charge in [-0.25, -0.2) is 8.42 Å². The third kappa shape index (κ3) is 5.95. The van der Waals surface area contributed by atoms with Gasteiger partial charge in [0.1, 0.15) is 0 Å². The van der Waals surface area contributed by atoms with E-state index in [9.17, 15) is 13.2 Å². The second-order valence-electron chi connectivity index (χ2n) is 6.24. The predicted octanol–water partition coefficient (Wildman–Crippen LogP) is 2.01. The summed E-state index contributed by atoms with van der Waals surface area (Å²) < 4.78 is 26.9. The Bertz CT molecular complexity index is 642. The summed E-state index contributed by atoms with van der Waals surface area (Å²) in [5.74, 6) is -0.198. The highest BCUT2D eigenvalue weighted by atomic mass is 35.5. The lowest BCUT2D eigenvalue weighted by molar-refractivity contribution is 0.0950. The number of rotatable bonds is 6. The van der Waals surface area contributed by atoms with Crippen molar-refractivity contribution in [1.29, 1.82) is 0 Å². The van der Waals surface area contributed by atoms with Crippen molar-refractivity contribution in [3.05, 3.63) is 29.8 Å². The van der Waals surface area contributed by atoms with Crippen molar-refractivity contribution in [3.8, 4) is 0 Å². The summed E-state index contributed by atoms with van der Waals surface area (Å²) in [6, 6.07) is 6.37. The molecule has 1 aromatic rings. The van der Waals surface area contributed by atoms with Crippen LogP contribution in [0.3, 0.4) is 0 Å². The van der Waals surface area contributed by atoms with Crippen molar-refractivity contribution in [2.24, 2.45) is 0 Å². The molecule has 1 saturated heterocycles. The number of carbonyl (C=O) groups excluding carboxylic acids is 1. The molecule has 1 heterocycles. The SMILES string of the molecule is CNC(C)CNC(=O)c1ccc(S(=O)(=O)N2CCCCCC2)cc1.Cl. The van der Waals surface area contributed by atoms with Crippen molar-refractivity contribution >= 4 is 28.3 Å². The molecule has 0 aliphatic carbocycles. The van der Waals surface area contributed by atoms with Crippen LogP contribution >= 0.6 is 12.4 Å². The number of benzene rings is 1. The highest BCUT2D eigenvalue weighted by Crippen LogP contribution is 2.20. The molecule has 1 atom stereocenters. The van der Waals surface area contributed by atoms with E-state index >= 15 is 0 Å². The smallest absolute Gasteiger partial charge is 0.251 e. The predicted molar refractivity (Wildman–Crippen MR) is 102 cm³/mol. The van der Waals surface area contributed by atoms with Gasteiger partial charge in [-0.1, -0.05) is 12.8 Å². The Labute approximate surface area is 156 Å². The Balaban J connectivity index is 0.00000312. The highest BCUT2D eigenvalue weighted by Gasteiger charge is 2.25. The summed E-state index contributed by atoms with van der Waals surface area (Å²) in [7, 11) is -1.63. The number of nitrogens with zero attached hydrogens (tertiary/aromatic N) is 1. The molecule has 25 heavy (non-hydrogen) atoms. The van der Waals surface area contributed by atoms with Crippen molar-refractivity contribution < 1.29 is 13.2 Å². The molecule has 0 spiro atoms. The van der Waals surface area contributed by atoms with E-state index < -0.39 is 10.0 Å². The summed E-state index contributed by atoms with van der Waals surface area (Å²) in [6.07, 6.45) is 3.97. The lowest BCUT2D eigenvalue weighted by Gasteiger charge is -2.20. The summed E-state index contributed by atoms with van der Waals surface area (Å²) in [4.78, 5) is 12.3. The quantitative estimate of drug-likeness (QED) is 0.780. The second-order valence-corrected chi connectivity index (χ2v) is 8.18. The van der Waals surface area contributed by atoms with Crippen LogP contribution in [0.15, 0.2) is 29.2 Å². The van der Waals surface area contributed by atoms with Crippen molar-refractivity contribution in [2.45, 2.75) is 43.5 Å². The molecule has 6 nitrogen and oxygen atoms in total. The van der Waals surface area contributed by atoms with E-state index in [4.69, 9.17) is 0 Å². The minimum atomic E-state index is -3.47. The van der Waals surface area contributed by atoms with Crippen molar-refractivity contribution in [1.82, 2.24) is 14.9 Å². The van der Waals surface area contributed by atoms with Gasteiger partial charge in [0.25, 0.3) is 5.91 Å². The normalized spacial score (nSPS) is 17.2. The van der Waals surface area contributed by atoms with E-state index in [1.807, 2.05) is 14.0 Å². The molecule has 1 aliphatic heterocycles. The fourth-order valence-corrected chi connectivity index (χ4v) is 4.18. The first-order chi connectivity index (χ1) is 11.4. The molecule has 1 fully saturated rings. The zero-order chi connectivity index (χ0) is 17.6. The van der Waals surface area contributed by atoms with E-state index in [0.717, 1.165) is 25.7 Å². The Kier molecular flexibility index (Phi) is 8.85. The highest BCUT2D eigenvalue weighted by molar-refractivity contribution is 7.89. The van der Waals surface area contributed by atoms with Gasteiger partial charge in [0.05, 0.1) is 4.90 Å². The maximum Gasteiger partial charge on any atom is 0.251 e. The average molecular weight is 390 g/mol. The van der Waals surface area contributed by atoms with Crippen LogP contribution in [0.25, 0.3) is 0 Å². The fourth-order valence-electron chi connectivity index (χ4n) is 2.66. The molecule has 1 aromatic carbocycles. The molecule has 0 aromatic heterocycles. The number of amides is 1. The van der Waals surface area contributed by atoms with Crippen LogP contribution in [-0.2, 0) is 10.0 Å². The zero-order valence-corrected chi connectivity index (χ0v) is 16.5. The molecule has 8 heteroatoms. The molecule has 0 saturated carbocycles. The van der Waals surface area contributed by atoms with Crippen molar-refractivity contribution in [2.75, 3.05) is 26.7 Å². The van der Waals surface area contributed by atoms with Crippen LogP contribution in [0.4, 0.5) is 0 Å². The molecule has 0 radical (unpaired) electrons. The van der Waals surface area contributed by atoms with Crippen LogP contribution in [-0.4, -0.2) is 51.4 Å². The Morgan fingerprint density at radius 3 is 2.20 bits per heavy atom. The summed E-state index contributed by atoms with van der Waals surface area (Å²) in [5, 5.41) is 5.86. The number of hydrogen-bond donors (Lipinski definition) is 2. The molecule has 1 amide bonds. The van der Waals surface area contributed by atoms with Gasteiger partial charge in [0.15, 0.2) is 0 Å². The first kappa shape index (κ1) is 21.9. The molecule has 2 rings (SSSR count). The maximum atomic E-state index is 12.7. The minimum absolute atomic E-state index is 0. The van der Waals surface area contributed by atoms with Gasteiger partial charge in [-0.05, 0) is 51.1 Å². The van der Waals surface area contributed by atoms with Crippen LogP contribution < -0.4 is 10.6 Å². The lowest BCUT2D eigenvalue weighted by atomic mass is 10.2. The molecule has 2 N–H and O–H groups in total. The van der Waals surface area contributed by atoms with Crippen LogP contribution in [0.2, 0.25) is 0 Å². The number of hydrogen-bond acceptors (Lipinski definition) is 4. The largest absolute Gasteiger partial charge is 0.350 e. The number of nitrogens with one attached hydrogen (secondary N) is 2. The van der Waals surface area contributed by atoms with Gasteiger partial charge in [0.2, 0.25) is 10.0 Å². The third-order valence-electron chi connectivity index (χ3n) is 4.38. The van der Waals surface area contributed by atoms with E-state index in [1.54, 1.807) is 16.4 Å². The maximum absolute atomic E-state index is 12.7. The van der Waals surface area contributed by atoms with E-state index in [2.05, 4.69) is 10.6 Å². The number of sulfonamides is 1. The monoisotopic (exact) mass is 389 g/mol. The summed E-state index contributed by atoms with van der Waals surface area (Å²) >= 11 is 0. The molecular formula is C17H28ClN3O3S. The first-order valence-electron chi connectivity index (χ1n) is 8.51. The van der Waals surface area contributed by atoms with Crippen molar-refractivity contribution in [3.63, 3.8) is 0 Å². The van der Waals surface area contributed by atoms with Crippen LogP contribution in [0, 0.1) is 0 Å². The summed E-state index contributed by atoms with van der Waals surface area (Å²) in [5.41, 5.74) is 0.466. The Hall–Kier alpha value is -1.15. The van der Waals surface area contributed by atoms with Gasteiger partial charge < -0.3 is 10.6 Å². The number of likely N-dealkylation sites (N-methyl/N-ethyl adjacent to an activating group) is 1. The molecular weight excluding hydrogens is 362 g/mol. The summed E-state index contributed by atoms with van der Waals surface area (Å²) in [6.45, 7) is 3.64. The Morgan fingerprint density at radius 1 is 1.12 bits per heavy atom.